The SMILES string of the molecule is CN(C)C(=O)OCC(C)(C)c1c(-c2ccc(F)c(F)c2)c2ccc(F)c(O)c2n1-c1ccc(C(=O)O)cc1. The molecule has 2 N–H and O–H groups in total. The molecule has 0 fully saturated rings. The van der Waals surface area contributed by atoms with Crippen LogP contribution in [0.1, 0.15) is 29.9 Å². The van der Waals surface area contributed by atoms with Crippen molar-refractivity contribution in [2.75, 3.05) is 20.7 Å². The van der Waals surface area contributed by atoms with Crippen molar-refractivity contribution < 1.29 is 37.7 Å². The van der Waals surface area contributed by atoms with E-state index >= 15 is 0 Å². The molecule has 7 nitrogen and oxygen atoms in total. The number of aromatic nitrogens is 1. The Hall–Kier alpha value is -4.47. The molecule has 0 aliphatic carbocycles. The normalized spacial score (nSPS) is 11.6. The van der Waals surface area contributed by atoms with Crippen LogP contribution in [0.4, 0.5) is 18.0 Å². The summed E-state index contributed by atoms with van der Waals surface area (Å²) in [6, 6.07) is 11.4. The van der Waals surface area contributed by atoms with E-state index in [0.717, 1.165) is 18.2 Å². The standard InChI is InChI=1S/C28H25F3N2O5/c1-28(2,14-38-27(37)32(3)4)25-22(16-7-11-19(29)21(31)13-16)18-10-12-20(30)24(34)23(18)33(25)17-8-5-15(6-9-17)26(35)36/h5-13,34H,14H2,1-4H3,(H,35,36). The zero-order valence-corrected chi connectivity index (χ0v) is 21.1. The Balaban J connectivity index is 2.12. The lowest BCUT2D eigenvalue weighted by atomic mass is 9.84. The number of rotatable bonds is 6. The van der Waals surface area contributed by atoms with Gasteiger partial charge in [0.1, 0.15) is 6.61 Å². The van der Waals surface area contributed by atoms with Gasteiger partial charge in [-0.25, -0.2) is 22.8 Å². The third-order valence-electron chi connectivity index (χ3n) is 6.20. The molecule has 0 unspecified atom stereocenters. The first-order chi connectivity index (χ1) is 17.8. The average Bonchev–Trinajstić information content (AvgIpc) is 3.23. The Bertz CT molecular complexity index is 1560. The number of halogens is 3. The van der Waals surface area contributed by atoms with Crippen LogP contribution in [0.15, 0.2) is 54.6 Å². The van der Waals surface area contributed by atoms with E-state index in [4.69, 9.17) is 4.74 Å². The first-order valence-electron chi connectivity index (χ1n) is 11.5. The summed E-state index contributed by atoms with van der Waals surface area (Å²) in [7, 11) is 3.04. The largest absolute Gasteiger partial charge is 0.503 e. The maximum atomic E-state index is 14.7. The number of hydrogen-bond acceptors (Lipinski definition) is 4. The van der Waals surface area contributed by atoms with Gasteiger partial charge in [-0.05, 0) is 54.1 Å². The van der Waals surface area contributed by atoms with Gasteiger partial charge in [0.05, 0.1) is 11.1 Å². The summed E-state index contributed by atoms with van der Waals surface area (Å²) in [4.78, 5) is 24.9. The van der Waals surface area contributed by atoms with E-state index in [9.17, 15) is 33.0 Å². The van der Waals surface area contributed by atoms with E-state index in [-0.39, 0.29) is 23.3 Å². The number of carbonyl (C=O) groups is 2. The second-order valence-corrected chi connectivity index (χ2v) is 9.66. The van der Waals surface area contributed by atoms with Gasteiger partial charge in [-0.3, -0.25) is 0 Å². The number of carboxylic acids is 1. The Kier molecular flexibility index (Phi) is 6.84. The van der Waals surface area contributed by atoms with Crippen LogP contribution in [0, 0.1) is 17.5 Å². The Morgan fingerprint density at radius 3 is 2.16 bits per heavy atom. The van der Waals surface area contributed by atoms with Crippen LogP contribution in [0.2, 0.25) is 0 Å². The highest BCUT2D eigenvalue weighted by Crippen LogP contribution is 2.46. The number of benzene rings is 3. The van der Waals surface area contributed by atoms with Crippen molar-refractivity contribution >= 4 is 23.0 Å². The van der Waals surface area contributed by atoms with Gasteiger partial charge in [0.2, 0.25) is 0 Å². The quantitative estimate of drug-likeness (QED) is 0.317. The number of ether oxygens (including phenoxy) is 1. The van der Waals surface area contributed by atoms with Gasteiger partial charge in [0, 0.05) is 41.8 Å². The average molecular weight is 527 g/mol. The third kappa shape index (κ3) is 4.65. The molecule has 0 radical (unpaired) electrons. The van der Waals surface area contributed by atoms with Crippen LogP contribution in [0.5, 0.6) is 5.75 Å². The lowest BCUT2D eigenvalue weighted by molar-refractivity contribution is 0.0696. The van der Waals surface area contributed by atoms with E-state index in [0.29, 0.717) is 22.3 Å². The highest BCUT2D eigenvalue weighted by Gasteiger charge is 2.35. The Labute approximate surface area is 216 Å². The topological polar surface area (TPSA) is 92.0 Å². The minimum atomic E-state index is -1.15. The zero-order valence-electron chi connectivity index (χ0n) is 21.1. The lowest BCUT2D eigenvalue weighted by Crippen LogP contribution is -2.32. The molecule has 3 aromatic carbocycles. The van der Waals surface area contributed by atoms with Crippen molar-refractivity contribution in [3.05, 3.63) is 83.3 Å². The fourth-order valence-corrected chi connectivity index (χ4v) is 4.37. The first kappa shape index (κ1) is 26.6. The molecule has 4 aromatic rings. The fraction of sp³-hybridized carbons (Fsp3) is 0.214. The minimum Gasteiger partial charge on any atom is -0.503 e. The number of amides is 1. The van der Waals surface area contributed by atoms with E-state index in [1.54, 1.807) is 13.8 Å². The molecule has 1 amide bonds. The van der Waals surface area contributed by atoms with Gasteiger partial charge in [-0.2, -0.15) is 0 Å². The van der Waals surface area contributed by atoms with Crippen molar-refractivity contribution in [1.82, 2.24) is 9.47 Å². The van der Waals surface area contributed by atoms with E-state index in [1.165, 1.54) is 60.0 Å². The molecule has 38 heavy (non-hydrogen) atoms. The van der Waals surface area contributed by atoms with Gasteiger partial charge < -0.3 is 24.4 Å². The lowest BCUT2D eigenvalue weighted by Gasteiger charge is -2.29. The molecule has 0 aliphatic heterocycles. The molecule has 10 heteroatoms. The molecule has 1 aromatic heterocycles. The molecular formula is C28H25F3N2O5. The molecular weight excluding hydrogens is 501 g/mol. The predicted molar refractivity (Wildman–Crippen MR) is 135 cm³/mol. The van der Waals surface area contributed by atoms with Crippen LogP contribution >= 0.6 is 0 Å². The predicted octanol–water partition coefficient (Wildman–Crippen LogP) is 6.09. The first-order valence-corrected chi connectivity index (χ1v) is 11.5. The number of carbonyl (C=O) groups excluding carboxylic acids is 1. The Morgan fingerprint density at radius 1 is 0.947 bits per heavy atom. The summed E-state index contributed by atoms with van der Waals surface area (Å²) >= 11 is 0. The van der Waals surface area contributed by atoms with E-state index in [2.05, 4.69) is 0 Å². The number of phenols is 1. The molecule has 0 saturated heterocycles. The number of phenolic OH excluding ortho intramolecular Hbond substituents is 1. The van der Waals surface area contributed by atoms with Gasteiger partial charge in [0.15, 0.2) is 23.2 Å². The molecule has 4 rings (SSSR count). The van der Waals surface area contributed by atoms with E-state index in [1.807, 2.05) is 0 Å². The second kappa shape index (κ2) is 9.77. The molecule has 0 saturated carbocycles. The summed E-state index contributed by atoms with van der Waals surface area (Å²) in [5.41, 5.74) is 0.312. The zero-order chi connectivity index (χ0) is 27.9. The van der Waals surface area contributed by atoms with Crippen molar-refractivity contribution in [3.8, 4) is 22.6 Å². The molecule has 1 heterocycles. The van der Waals surface area contributed by atoms with Crippen LogP contribution in [-0.4, -0.2) is 52.4 Å². The number of aromatic hydroxyl groups is 1. The van der Waals surface area contributed by atoms with Gasteiger partial charge in [0.25, 0.3) is 0 Å². The third-order valence-corrected chi connectivity index (χ3v) is 6.20. The summed E-state index contributed by atoms with van der Waals surface area (Å²) in [5, 5.41) is 20.5. The van der Waals surface area contributed by atoms with Crippen LogP contribution in [0.25, 0.3) is 27.7 Å². The molecule has 198 valence electrons. The minimum absolute atomic E-state index is 0.00201. The highest BCUT2D eigenvalue weighted by molar-refractivity contribution is 6.02. The van der Waals surface area contributed by atoms with Gasteiger partial charge in [-0.15, -0.1) is 0 Å². The molecule has 0 bridgehead atoms. The van der Waals surface area contributed by atoms with Crippen LogP contribution < -0.4 is 0 Å². The van der Waals surface area contributed by atoms with Crippen LogP contribution in [0.3, 0.4) is 0 Å². The van der Waals surface area contributed by atoms with Gasteiger partial charge in [-0.1, -0.05) is 19.9 Å². The van der Waals surface area contributed by atoms with Crippen molar-refractivity contribution in [3.63, 3.8) is 0 Å². The van der Waals surface area contributed by atoms with Gasteiger partial charge >= 0.3 is 12.1 Å². The number of fused-ring (bicyclic) bond motifs is 1. The smallest absolute Gasteiger partial charge is 0.409 e. The summed E-state index contributed by atoms with van der Waals surface area (Å²) in [6.45, 7) is 3.31. The van der Waals surface area contributed by atoms with Crippen molar-refractivity contribution in [2.45, 2.75) is 19.3 Å². The second-order valence-electron chi connectivity index (χ2n) is 9.66. The maximum absolute atomic E-state index is 14.7. The number of carboxylic acid groups (broad SMARTS) is 1. The highest BCUT2D eigenvalue weighted by atomic mass is 19.2. The van der Waals surface area contributed by atoms with E-state index < -0.39 is 40.7 Å². The number of nitrogens with zero attached hydrogens (tertiary/aromatic N) is 2. The van der Waals surface area contributed by atoms with Crippen LogP contribution in [-0.2, 0) is 10.2 Å². The summed E-state index contributed by atoms with van der Waals surface area (Å²) < 4.78 is 49.9. The summed E-state index contributed by atoms with van der Waals surface area (Å²) in [5.74, 6) is -4.93. The Morgan fingerprint density at radius 2 is 1.58 bits per heavy atom. The van der Waals surface area contributed by atoms with Crippen molar-refractivity contribution in [2.24, 2.45) is 0 Å². The summed E-state index contributed by atoms with van der Waals surface area (Å²) in [6.07, 6.45) is -0.616. The monoisotopic (exact) mass is 526 g/mol. The number of aromatic carboxylic acids is 1. The van der Waals surface area contributed by atoms with Crippen molar-refractivity contribution in [1.29, 1.82) is 0 Å². The molecule has 0 aliphatic rings. The maximum Gasteiger partial charge on any atom is 0.409 e. The molecule has 0 spiro atoms. The molecule has 0 atom stereocenters. The fourth-order valence-electron chi connectivity index (χ4n) is 4.37. The number of hydrogen-bond donors (Lipinski definition) is 2.